The highest BCUT2D eigenvalue weighted by atomic mass is 32.2. The fourth-order valence-corrected chi connectivity index (χ4v) is 3.70. The van der Waals surface area contributed by atoms with Crippen LogP contribution in [0.3, 0.4) is 0 Å². The van der Waals surface area contributed by atoms with Crippen molar-refractivity contribution in [1.29, 1.82) is 0 Å². The SMILES string of the molecule is CN1CCC(NC2=NCC(C3CC3)S2)C1. The molecule has 4 heteroatoms. The van der Waals surface area contributed by atoms with E-state index in [0.717, 1.165) is 17.7 Å². The standard InChI is InChI=1S/C11H19N3S/c1-14-5-4-9(7-14)13-11-12-6-10(15-11)8-2-3-8/h8-10H,2-7H2,1H3,(H,12,13). The number of thioether (sulfide) groups is 1. The van der Waals surface area contributed by atoms with Crippen LogP contribution in [0.15, 0.2) is 4.99 Å². The van der Waals surface area contributed by atoms with Gasteiger partial charge in [0.2, 0.25) is 0 Å². The van der Waals surface area contributed by atoms with Crippen LogP contribution < -0.4 is 5.32 Å². The molecule has 0 bridgehead atoms. The second-order valence-electron chi connectivity index (χ2n) is 5.03. The summed E-state index contributed by atoms with van der Waals surface area (Å²) in [5.41, 5.74) is 0. The van der Waals surface area contributed by atoms with E-state index < -0.39 is 0 Å². The number of nitrogens with one attached hydrogen (secondary N) is 1. The van der Waals surface area contributed by atoms with Crippen molar-refractivity contribution in [3.8, 4) is 0 Å². The number of nitrogens with zero attached hydrogens (tertiary/aromatic N) is 2. The van der Waals surface area contributed by atoms with Crippen LogP contribution in [0.4, 0.5) is 0 Å². The van der Waals surface area contributed by atoms with Crippen molar-refractivity contribution < 1.29 is 0 Å². The quantitative estimate of drug-likeness (QED) is 0.764. The predicted molar refractivity (Wildman–Crippen MR) is 65.4 cm³/mol. The van der Waals surface area contributed by atoms with E-state index in [1.807, 2.05) is 11.8 Å². The predicted octanol–water partition coefficient (Wildman–Crippen LogP) is 1.16. The first-order valence-corrected chi connectivity index (χ1v) is 6.85. The van der Waals surface area contributed by atoms with Crippen LogP contribution in [-0.2, 0) is 0 Å². The summed E-state index contributed by atoms with van der Waals surface area (Å²) in [4.78, 5) is 7.00. The third-order valence-corrected chi connectivity index (χ3v) is 4.85. The maximum Gasteiger partial charge on any atom is 0.157 e. The van der Waals surface area contributed by atoms with Gasteiger partial charge in [-0.05, 0) is 38.8 Å². The van der Waals surface area contributed by atoms with Crippen molar-refractivity contribution in [2.45, 2.75) is 30.6 Å². The van der Waals surface area contributed by atoms with E-state index in [9.17, 15) is 0 Å². The van der Waals surface area contributed by atoms with Crippen LogP contribution in [0.5, 0.6) is 0 Å². The van der Waals surface area contributed by atoms with Crippen molar-refractivity contribution in [1.82, 2.24) is 10.2 Å². The van der Waals surface area contributed by atoms with Crippen LogP contribution in [0.2, 0.25) is 0 Å². The maximum absolute atomic E-state index is 4.62. The molecule has 3 nitrogen and oxygen atoms in total. The molecule has 15 heavy (non-hydrogen) atoms. The lowest BCUT2D eigenvalue weighted by atomic mass is 10.3. The summed E-state index contributed by atoms with van der Waals surface area (Å²) in [7, 11) is 2.19. The molecule has 2 fully saturated rings. The topological polar surface area (TPSA) is 27.6 Å². The summed E-state index contributed by atoms with van der Waals surface area (Å²) in [6.07, 6.45) is 4.14. The minimum absolute atomic E-state index is 0.638. The fourth-order valence-electron chi connectivity index (χ4n) is 2.41. The van der Waals surface area contributed by atoms with Crippen molar-refractivity contribution >= 4 is 16.9 Å². The zero-order chi connectivity index (χ0) is 10.3. The first kappa shape index (κ1) is 9.97. The highest BCUT2D eigenvalue weighted by Crippen LogP contribution is 2.41. The fraction of sp³-hybridized carbons (Fsp3) is 0.909. The van der Waals surface area contributed by atoms with Gasteiger partial charge in [0.25, 0.3) is 0 Å². The second-order valence-corrected chi connectivity index (χ2v) is 6.26. The molecule has 1 N–H and O–H groups in total. The van der Waals surface area contributed by atoms with Gasteiger partial charge in [0.1, 0.15) is 0 Å². The zero-order valence-corrected chi connectivity index (χ0v) is 10.1. The van der Waals surface area contributed by atoms with E-state index in [2.05, 4.69) is 22.3 Å². The summed E-state index contributed by atoms with van der Waals surface area (Å²) in [5, 5.41) is 5.60. The third kappa shape index (κ3) is 2.31. The number of likely N-dealkylation sites (N-methyl/N-ethyl adjacent to an activating group) is 1. The van der Waals surface area contributed by atoms with Gasteiger partial charge in [0, 0.05) is 17.8 Å². The maximum atomic E-state index is 4.62. The van der Waals surface area contributed by atoms with Gasteiger partial charge in [0.05, 0.1) is 6.54 Å². The Bertz CT molecular complexity index is 275. The van der Waals surface area contributed by atoms with Crippen LogP contribution in [0, 0.1) is 5.92 Å². The first-order chi connectivity index (χ1) is 7.31. The minimum Gasteiger partial charge on any atom is -0.361 e. The summed E-state index contributed by atoms with van der Waals surface area (Å²) in [5.74, 6) is 0.976. The number of aliphatic imine (C=N–C) groups is 1. The molecule has 2 atom stereocenters. The lowest BCUT2D eigenvalue weighted by Crippen LogP contribution is -2.34. The monoisotopic (exact) mass is 225 g/mol. The van der Waals surface area contributed by atoms with Gasteiger partial charge in [-0.25, -0.2) is 0 Å². The molecule has 0 aromatic carbocycles. The van der Waals surface area contributed by atoms with Gasteiger partial charge in [0.15, 0.2) is 5.17 Å². The molecule has 3 rings (SSSR count). The molecule has 3 aliphatic rings. The molecule has 1 saturated heterocycles. The lowest BCUT2D eigenvalue weighted by molar-refractivity contribution is 0.407. The molecule has 0 aromatic rings. The Kier molecular flexibility index (Phi) is 2.64. The molecule has 0 radical (unpaired) electrons. The van der Waals surface area contributed by atoms with Crippen LogP contribution in [0.25, 0.3) is 0 Å². The van der Waals surface area contributed by atoms with E-state index in [1.54, 1.807) is 0 Å². The van der Waals surface area contributed by atoms with Crippen molar-refractivity contribution in [2.24, 2.45) is 10.9 Å². The van der Waals surface area contributed by atoms with E-state index in [4.69, 9.17) is 0 Å². The molecule has 2 aliphatic heterocycles. The van der Waals surface area contributed by atoms with Crippen molar-refractivity contribution in [3.05, 3.63) is 0 Å². The Morgan fingerprint density at radius 1 is 1.40 bits per heavy atom. The van der Waals surface area contributed by atoms with E-state index >= 15 is 0 Å². The van der Waals surface area contributed by atoms with E-state index in [0.29, 0.717) is 6.04 Å². The normalized spacial score (nSPS) is 37.0. The number of rotatable bonds is 2. The Hall–Kier alpha value is -0.220. The van der Waals surface area contributed by atoms with Gasteiger partial charge >= 0.3 is 0 Å². The van der Waals surface area contributed by atoms with Crippen LogP contribution >= 0.6 is 11.8 Å². The average Bonchev–Trinajstić information content (AvgIpc) is 2.84. The number of likely N-dealkylation sites (tertiary alicyclic amines) is 1. The Morgan fingerprint density at radius 2 is 2.27 bits per heavy atom. The van der Waals surface area contributed by atoms with Crippen molar-refractivity contribution in [2.75, 3.05) is 26.7 Å². The second kappa shape index (κ2) is 3.98. The molecule has 1 saturated carbocycles. The Labute approximate surface area is 95.7 Å². The number of amidine groups is 1. The lowest BCUT2D eigenvalue weighted by Gasteiger charge is -2.14. The highest BCUT2D eigenvalue weighted by molar-refractivity contribution is 8.14. The highest BCUT2D eigenvalue weighted by Gasteiger charge is 2.35. The summed E-state index contributed by atoms with van der Waals surface area (Å²) < 4.78 is 0. The Morgan fingerprint density at radius 3 is 2.93 bits per heavy atom. The molecule has 0 aromatic heterocycles. The van der Waals surface area contributed by atoms with Crippen LogP contribution in [0.1, 0.15) is 19.3 Å². The van der Waals surface area contributed by atoms with E-state index in [1.165, 1.54) is 37.5 Å². The first-order valence-electron chi connectivity index (χ1n) is 5.97. The summed E-state index contributed by atoms with van der Waals surface area (Å²) in [6, 6.07) is 0.638. The van der Waals surface area contributed by atoms with Gasteiger partial charge in [-0.3, -0.25) is 4.99 Å². The summed E-state index contributed by atoms with van der Waals surface area (Å²) in [6.45, 7) is 3.45. The van der Waals surface area contributed by atoms with Gasteiger partial charge in [-0.2, -0.15) is 0 Å². The smallest absolute Gasteiger partial charge is 0.157 e. The third-order valence-electron chi connectivity index (χ3n) is 3.54. The molecule has 2 unspecified atom stereocenters. The van der Waals surface area contributed by atoms with Crippen LogP contribution in [-0.4, -0.2) is 48.0 Å². The van der Waals surface area contributed by atoms with Gasteiger partial charge < -0.3 is 10.2 Å². The number of hydrogen-bond acceptors (Lipinski definition) is 4. The van der Waals surface area contributed by atoms with Gasteiger partial charge in [-0.15, -0.1) is 0 Å². The van der Waals surface area contributed by atoms with Crippen molar-refractivity contribution in [3.63, 3.8) is 0 Å². The van der Waals surface area contributed by atoms with E-state index in [-0.39, 0.29) is 0 Å². The molecular weight excluding hydrogens is 206 g/mol. The Balaban J connectivity index is 1.47. The molecule has 84 valence electrons. The number of hydrogen-bond donors (Lipinski definition) is 1. The minimum atomic E-state index is 0.638. The van der Waals surface area contributed by atoms with Gasteiger partial charge in [-0.1, -0.05) is 11.8 Å². The molecule has 0 amide bonds. The average molecular weight is 225 g/mol. The molecule has 2 heterocycles. The summed E-state index contributed by atoms with van der Waals surface area (Å²) >= 11 is 1.99. The molecule has 1 aliphatic carbocycles. The zero-order valence-electron chi connectivity index (χ0n) is 9.28. The molecular formula is C11H19N3S. The largest absolute Gasteiger partial charge is 0.361 e. The molecule has 0 spiro atoms.